The predicted molar refractivity (Wildman–Crippen MR) is 102 cm³/mol. The van der Waals surface area contributed by atoms with Crippen molar-refractivity contribution in [3.05, 3.63) is 18.2 Å². The van der Waals surface area contributed by atoms with Crippen molar-refractivity contribution in [1.29, 1.82) is 0 Å². The fourth-order valence-corrected chi connectivity index (χ4v) is 4.62. The lowest BCUT2D eigenvalue weighted by Crippen LogP contribution is -2.37. The SMILES string of the molecule is Cl.O=C(C1CC(=O)N(c2ccc3c(c2)OCCO3)C1)N1C[C@H]2CNC[C@H]2C1. The third-order valence-electron chi connectivity index (χ3n) is 6.01. The number of rotatable bonds is 2. The van der Waals surface area contributed by atoms with Gasteiger partial charge in [-0.3, -0.25) is 9.59 Å². The summed E-state index contributed by atoms with van der Waals surface area (Å²) in [5, 5.41) is 3.39. The minimum Gasteiger partial charge on any atom is -0.486 e. The van der Waals surface area contributed by atoms with Gasteiger partial charge in [0.15, 0.2) is 11.5 Å². The Morgan fingerprint density at radius 1 is 1.04 bits per heavy atom. The third kappa shape index (κ3) is 3.23. The summed E-state index contributed by atoms with van der Waals surface area (Å²) in [5.41, 5.74) is 0.775. The molecule has 1 aromatic rings. The molecule has 7 nitrogen and oxygen atoms in total. The number of ether oxygens (including phenoxy) is 2. The molecule has 0 spiro atoms. The Bertz CT molecular complexity index is 746. The lowest BCUT2D eigenvalue weighted by atomic mass is 10.0. The fourth-order valence-electron chi connectivity index (χ4n) is 4.62. The van der Waals surface area contributed by atoms with Crippen LogP contribution >= 0.6 is 12.4 Å². The predicted octanol–water partition coefficient (Wildman–Crippen LogP) is 0.910. The standard InChI is InChI=1S/C19H23N3O4.ClH/c23-18-5-12(19(24)21-9-13-7-20-8-14(13)10-21)11-22(18)15-1-2-16-17(6-15)26-4-3-25-16;/h1-2,6,12-14,20H,3-5,7-11H2;1H/t12?,13-,14+;. The third-order valence-corrected chi connectivity index (χ3v) is 6.01. The van der Waals surface area contributed by atoms with Crippen LogP contribution in [0.15, 0.2) is 18.2 Å². The Morgan fingerprint density at radius 3 is 2.48 bits per heavy atom. The molecule has 1 N–H and O–H groups in total. The molecule has 4 aliphatic heterocycles. The lowest BCUT2D eigenvalue weighted by Gasteiger charge is -2.23. The van der Waals surface area contributed by atoms with Crippen LogP contribution in [0.2, 0.25) is 0 Å². The van der Waals surface area contributed by atoms with Gasteiger partial charge in [-0.05, 0) is 24.0 Å². The topological polar surface area (TPSA) is 71.1 Å². The van der Waals surface area contributed by atoms with Gasteiger partial charge in [-0.1, -0.05) is 0 Å². The zero-order valence-electron chi connectivity index (χ0n) is 15.1. The molecule has 1 aromatic carbocycles. The minimum atomic E-state index is -0.248. The number of carbonyl (C=O) groups excluding carboxylic acids is 2. The number of anilines is 1. The first kappa shape index (κ1) is 18.4. The smallest absolute Gasteiger partial charge is 0.228 e. The highest BCUT2D eigenvalue weighted by Crippen LogP contribution is 2.36. The van der Waals surface area contributed by atoms with E-state index in [0.717, 1.165) is 31.9 Å². The molecule has 3 saturated heterocycles. The van der Waals surface area contributed by atoms with Gasteiger partial charge in [0.1, 0.15) is 13.2 Å². The molecule has 0 radical (unpaired) electrons. The van der Waals surface area contributed by atoms with Crippen LogP contribution in [0.1, 0.15) is 6.42 Å². The van der Waals surface area contributed by atoms with Crippen LogP contribution in [0.25, 0.3) is 0 Å². The molecule has 27 heavy (non-hydrogen) atoms. The molecule has 146 valence electrons. The van der Waals surface area contributed by atoms with E-state index in [2.05, 4.69) is 5.32 Å². The number of nitrogens with zero attached hydrogens (tertiary/aromatic N) is 2. The summed E-state index contributed by atoms with van der Waals surface area (Å²) < 4.78 is 11.1. The Hall–Kier alpha value is -1.99. The van der Waals surface area contributed by atoms with Crippen LogP contribution in [0.5, 0.6) is 11.5 Å². The van der Waals surface area contributed by atoms with Crippen molar-refractivity contribution in [2.75, 3.05) is 50.8 Å². The summed E-state index contributed by atoms with van der Waals surface area (Å²) in [5.74, 6) is 2.40. The minimum absolute atomic E-state index is 0. The molecule has 8 heteroatoms. The summed E-state index contributed by atoms with van der Waals surface area (Å²) in [4.78, 5) is 29.1. The van der Waals surface area contributed by atoms with E-state index in [1.165, 1.54) is 0 Å². The monoisotopic (exact) mass is 393 g/mol. The Kier molecular flexibility index (Phi) is 4.90. The first-order valence-corrected chi connectivity index (χ1v) is 9.38. The number of hydrogen-bond donors (Lipinski definition) is 1. The van der Waals surface area contributed by atoms with Gasteiger partial charge in [0.25, 0.3) is 0 Å². The second-order valence-electron chi connectivity index (χ2n) is 7.65. The van der Waals surface area contributed by atoms with Gasteiger partial charge in [0.05, 0.1) is 5.92 Å². The number of amides is 2. The maximum atomic E-state index is 12.9. The van der Waals surface area contributed by atoms with Gasteiger partial charge in [-0.25, -0.2) is 0 Å². The molecule has 0 bridgehead atoms. The molecule has 0 aromatic heterocycles. The van der Waals surface area contributed by atoms with Crippen LogP contribution < -0.4 is 19.7 Å². The Morgan fingerprint density at radius 2 is 1.74 bits per heavy atom. The van der Waals surface area contributed by atoms with Gasteiger partial charge in [-0.2, -0.15) is 0 Å². The largest absolute Gasteiger partial charge is 0.486 e. The van der Waals surface area contributed by atoms with Gasteiger partial charge in [0, 0.05) is 50.9 Å². The van der Waals surface area contributed by atoms with E-state index >= 15 is 0 Å². The molecule has 4 heterocycles. The normalized spacial score (nSPS) is 28.9. The average Bonchev–Trinajstić information content (AvgIpc) is 3.35. The van der Waals surface area contributed by atoms with Crippen LogP contribution in [0.4, 0.5) is 5.69 Å². The summed E-state index contributed by atoms with van der Waals surface area (Å²) >= 11 is 0. The molecule has 1 unspecified atom stereocenters. The molecule has 3 atom stereocenters. The Balaban J connectivity index is 0.00000180. The van der Waals surface area contributed by atoms with Crippen molar-refractivity contribution in [3.8, 4) is 11.5 Å². The molecular formula is C19H24ClN3O4. The summed E-state index contributed by atoms with van der Waals surface area (Å²) in [6, 6.07) is 5.54. The lowest BCUT2D eigenvalue weighted by molar-refractivity contribution is -0.135. The van der Waals surface area contributed by atoms with E-state index in [-0.39, 0.29) is 36.6 Å². The maximum absolute atomic E-state index is 12.9. The number of likely N-dealkylation sites (tertiary alicyclic amines) is 1. The quantitative estimate of drug-likeness (QED) is 0.808. The van der Waals surface area contributed by atoms with E-state index in [4.69, 9.17) is 9.47 Å². The van der Waals surface area contributed by atoms with E-state index in [0.29, 0.717) is 43.1 Å². The fraction of sp³-hybridized carbons (Fsp3) is 0.579. The number of benzene rings is 1. The van der Waals surface area contributed by atoms with E-state index in [9.17, 15) is 9.59 Å². The maximum Gasteiger partial charge on any atom is 0.228 e. The average molecular weight is 394 g/mol. The highest BCUT2D eigenvalue weighted by Gasteiger charge is 2.43. The van der Waals surface area contributed by atoms with Crippen molar-refractivity contribution in [2.45, 2.75) is 6.42 Å². The zero-order valence-corrected chi connectivity index (χ0v) is 15.9. The van der Waals surface area contributed by atoms with Gasteiger partial charge < -0.3 is 24.6 Å². The highest BCUT2D eigenvalue weighted by molar-refractivity contribution is 6.00. The zero-order chi connectivity index (χ0) is 17.7. The van der Waals surface area contributed by atoms with Crippen molar-refractivity contribution < 1.29 is 19.1 Å². The summed E-state index contributed by atoms with van der Waals surface area (Å²) in [7, 11) is 0. The highest BCUT2D eigenvalue weighted by atomic mass is 35.5. The van der Waals surface area contributed by atoms with Gasteiger partial charge in [0.2, 0.25) is 11.8 Å². The first-order chi connectivity index (χ1) is 12.7. The van der Waals surface area contributed by atoms with Gasteiger partial charge in [-0.15, -0.1) is 12.4 Å². The van der Waals surface area contributed by atoms with Crippen molar-refractivity contribution in [1.82, 2.24) is 10.2 Å². The second kappa shape index (κ2) is 7.20. The van der Waals surface area contributed by atoms with E-state index in [1.54, 1.807) is 4.90 Å². The van der Waals surface area contributed by atoms with Crippen molar-refractivity contribution >= 4 is 29.9 Å². The number of hydrogen-bond acceptors (Lipinski definition) is 5. The molecule has 5 rings (SSSR count). The molecule has 0 aliphatic carbocycles. The number of halogens is 1. The number of nitrogens with one attached hydrogen (secondary N) is 1. The molecular weight excluding hydrogens is 370 g/mol. The first-order valence-electron chi connectivity index (χ1n) is 9.38. The molecule has 0 saturated carbocycles. The van der Waals surface area contributed by atoms with Crippen LogP contribution in [0.3, 0.4) is 0 Å². The summed E-state index contributed by atoms with van der Waals surface area (Å²) in [6.45, 7) is 5.15. The molecule has 3 fully saturated rings. The number of carbonyl (C=O) groups is 2. The van der Waals surface area contributed by atoms with Crippen LogP contribution in [-0.4, -0.2) is 62.7 Å². The van der Waals surface area contributed by atoms with Crippen molar-refractivity contribution in [2.24, 2.45) is 17.8 Å². The number of fused-ring (bicyclic) bond motifs is 2. The van der Waals surface area contributed by atoms with Gasteiger partial charge >= 0.3 is 0 Å². The second-order valence-corrected chi connectivity index (χ2v) is 7.65. The van der Waals surface area contributed by atoms with Crippen LogP contribution in [0, 0.1) is 17.8 Å². The van der Waals surface area contributed by atoms with Crippen LogP contribution in [-0.2, 0) is 9.59 Å². The molecule has 2 amide bonds. The summed E-state index contributed by atoms with van der Waals surface area (Å²) in [6.07, 6.45) is 0.289. The van der Waals surface area contributed by atoms with E-state index in [1.807, 2.05) is 23.1 Å². The van der Waals surface area contributed by atoms with Crippen molar-refractivity contribution in [3.63, 3.8) is 0 Å². The Labute approximate surface area is 164 Å². The molecule has 4 aliphatic rings. The van der Waals surface area contributed by atoms with E-state index < -0.39 is 0 Å².